The Morgan fingerprint density at radius 2 is 1.70 bits per heavy atom. The Morgan fingerprint density at radius 1 is 1.04 bits per heavy atom. The lowest BCUT2D eigenvalue weighted by molar-refractivity contribution is -0.132. The molecule has 0 saturated heterocycles. The molecule has 2 aromatic carbocycles. The first-order chi connectivity index (χ1) is 11.0. The predicted molar refractivity (Wildman–Crippen MR) is 89.5 cm³/mol. The summed E-state index contributed by atoms with van der Waals surface area (Å²) in [6.07, 6.45) is 1.68. The molecule has 1 heterocycles. The molecule has 0 saturated carbocycles. The van der Waals surface area contributed by atoms with Gasteiger partial charge in [0.2, 0.25) is 0 Å². The molecule has 0 aliphatic carbocycles. The molecule has 1 aromatic heterocycles. The number of H-pyrrole nitrogens is 1. The molecular weight excluding hydrogens is 316 g/mol. The minimum absolute atomic E-state index is 0.463. The number of aromatic amines is 1. The van der Waals surface area contributed by atoms with Crippen molar-refractivity contribution in [3.63, 3.8) is 0 Å². The number of anilines is 2. The van der Waals surface area contributed by atoms with Crippen LogP contribution in [0.15, 0.2) is 42.6 Å². The summed E-state index contributed by atoms with van der Waals surface area (Å²) in [5.41, 5.74) is 2.63. The Kier molecular flexibility index (Phi) is 3.99. The Balaban J connectivity index is 1.69. The second-order valence-electron chi connectivity index (χ2n) is 5.04. The van der Waals surface area contributed by atoms with Crippen molar-refractivity contribution in [1.82, 2.24) is 10.2 Å². The average molecular weight is 329 g/mol. The van der Waals surface area contributed by atoms with E-state index in [1.807, 2.05) is 6.92 Å². The Hall–Kier alpha value is -2.86. The standard InChI is InChI=1S/C16H13ClN4O2/c1-9-2-4-11(6-13(9)17)19-15(22)16(23)20-12-5-3-10-8-18-21-14(10)7-12/h2-8H,1H3,(H,18,21)(H,19,22)(H,20,23). The maximum absolute atomic E-state index is 12.0. The van der Waals surface area contributed by atoms with Gasteiger partial charge in [0, 0.05) is 21.8 Å². The van der Waals surface area contributed by atoms with Crippen LogP contribution in [0, 0.1) is 6.92 Å². The third-order valence-corrected chi connectivity index (χ3v) is 3.74. The van der Waals surface area contributed by atoms with Crippen LogP contribution in [0.3, 0.4) is 0 Å². The van der Waals surface area contributed by atoms with E-state index < -0.39 is 11.8 Å². The molecule has 0 bridgehead atoms. The fourth-order valence-electron chi connectivity index (χ4n) is 2.06. The van der Waals surface area contributed by atoms with Crippen LogP contribution in [0.1, 0.15) is 5.56 Å². The molecule has 0 fully saturated rings. The largest absolute Gasteiger partial charge is 0.318 e. The van der Waals surface area contributed by atoms with Gasteiger partial charge in [-0.25, -0.2) is 0 Å². The average Bonchev–Trinajstić information content (AvgIpc) is 2.98. The first-order valence-electron chi connectivity index (χ1n) is 6.84. The van der Waals surface area contributed by atoms with E-state index in [9.17, 15) is 9.59 Å². The van der Waals surface area contributed by atoms with Gasteiger partial charge in [0.1, 0.15) is 0 Å². The van der Waals surface area contributed by atoms with Gasteiger partial charge >= 0.3 is 11.8 Å². The molecule has 3 rings (SSSR count). The number of hydrogen-bond donors (Lipinski definition) is 3. The highest BCUT2D eigenvalue weighted by Gasteiger charge is 2.14. The molecule has 0 unspecified atom stereocenters. The van der Waals surface area contributed by atoms with E-state index in [1.54, 1.807) is 42.6 Å². The third kappa shape index (κ3) is 3.32. The summed E-state index contributed by atoms with van der Waals surface area (Å²) in [6.45, 7) is 1.85. The first kappa shape index (κ1) is 15.1. The van der Waals surface area contributed by atoms with E-state index in [0.717, 1.165) is 16.5 Å². The van der Waals surface area contributed by atoms with Gasteiger partial charge in [0.15, 0.2) is 0 Å². The molecule has 0 aliphatic heterocycles. The molecule has 2 amide bonds. The van der Waals surface area contributed by atoms with Crippen molar-refractivity contribution in [2.24, 2.45) is 0 Å². The normalized spacial score (nSPS) is 10.5. The summed E-state index contributed by atoms with van der Waals surface area (Å²) in [5.74, 6) is -1.53. The predicted octanol–water partition coefficient (Wildman–Crippen LogP) is 3.10. The zero-order chi connectivity index (χ0) is 16.4. The molecule has 6 nitrogen and oxygen atoms in total. The van der Waals surface area contributed by atoms with Crippen LogP contribution >= 0.6 is 11.6 Å². The number of aryl methyl sites for hydroxylation is 1. The van der Waals surface area contributed by atoms with E-state index in [-0.39, 0.29) is 0 Å². The van der Waals surface area contributed by atoms with Crippen LogP contribution in [-0.4, -0.2) is 22.0 Å². The van der Waals surface area contributed by atoms with Gasteiger partial charge < -0.3 is 10.6 Å². The van der Waals surface area contributed by atoms with Gasteiger partial charge in [-0.05, 0) is 42.8 Å². The van der Waals surface area contributed by atoms with Crippen molar-refractivity contribution < 1.29 is 9.59 Å². The molecule has 0 atom stereocenters. The summed E-state index contributed by atoms with van der Waals surface area (Å²) in [5, 5.41) is 13.2. The number of nitrogens with one attached hydrogen (secondary N) is 3. The maximum Gasteiger partial charge on any atom is 0.314 e. The van der Waals surface area contributed by atoms with Crippen molar-refractivity contribution in [3.8, 4) is 0 Å². The topological polar surface area (TPSA) is 86.9 Å². The Labute approximate surface area is 136 Å². The summed E-state index contributed by atoms with van der Waals surface area (Å²) in [7, 11) is 0. The molecule has 3 aromatic rings. The summed E-state index contributed by atoms with van der Waals surface area (Å²) in [4.78, 5) is 23.9. The number of carbonyl (C=O) groups is 2. The number of rotatable bonds is 2. The smallest absolute Gasteiger partial charge is 0.314 e. The monoisotopic (exact) mass is 328 g/mol. The molecule has 0 radical (unpaired) electrons. The molecular formula is C16H13ClN4O2. The number of benzene rings is 2. The number of aromatic nitrogens is 2. The van der Waals surface area contributed by atoms with Crippen LogP contribution in [-0.2, 0) is 9.59 Å². The van der Waals surface area contributed by atoms with Crippen LogP contribution in [0.2, 0.25) is 5.02 Å². The molecule has 0 aliphatic rings. The second-order valence-corrected chi connectivity index (χ2v) is 5.45. The highest BCUT2D eigenvalue weighted by Crippen LogP contribution is 2.20. The van der Waals surface area contributed by atoms with Crippen LogP contribution < -0.4 is 10.6 Å². The van der Waals surface area contributed by atoms with Gasteiger partial charge in [0.25, 0.3) is 0 Å². The molecule has 3 N–H and O–H groups in total. The van der Waals surface area contributed by atoms with Crippen LogP contribution in [0.25, 0.3) is 10.9 Å². The molecule has 7 heteroatoms. The fourth-order valence-corrected chi connectivity index (χ4v) is 2.24. The minimum atomic E-state index is -0.769. The maximum atomic E-state index is 12.0. The zero-order valence-electron chi connectivity index (χ0n) is 12.2. The van der Waals surface area contributed by atoms with Crippen molar-refractivity contribution in [1.29, 1.82) is 0 Å². The number of nitrogens with zero attached hydrogens (tertiary/aromatic N) is 1. The fraction of sp³-hybridized carbons (Fsp3) is 0.0625. The minimum Gasteiger partial charge on any atom is -0.318 e. The molecule has 0 spiro atoms. The van der Waals surface area contributed by atoms with Gasteiger partial charge in [-0.2, -0.15) is 5.10 Å². The number of hydrogen-bond acceptors (Lipinski definition) is 3. The van der Waals surface area contributed by atoms with E-state index in [0.29, 0.717) is 16.4 Å². The highest BCUT2D eigenvalue weighted by molar-refractivity contribution is 6.43. The number of fused-ring (bicyclic) bond motifs is 1. The summed E-state index contributed by atoms with van der Waals surface area (Å²) < 4.78 is 0. The van der Waals surface area contributed by atoms with Crippen molar-refractivity contribution in [2.45, 2.75) is 6.92 Å². The zero-order valence-corrected chi connectivity index (χ0v) is 12.9. The van der Waals surface area contributed by atoms with Gasteiger partial charge in [-0.3, -0.25) is 14.7 Å². The lowest BCUT2D eigenvalue weighted by Crippen LogP contribution is -2.29. The first-order valence-corrected chi connectivity index (χ1v) is 7.22. The quantitative estimate of drug-likeness (QED) is 0.632. The van der Waals surface area contributed by atoms with Crippen molar-refractivity contribution in [3.05, 3.63) is 53.2 Å². The summed E-state index contributed by atoms with van der Waals surface area (Å²) in [6, 6.07) is 10.2. The summed E-state index contributed by atoms with van der Waals surface area (Å²) >= 11 is 5.99. The highest BCUT2D eigenvalue weighted by atomic mass is 35.5. The molecule has 116 valence electrons. The van der Waals surface area contributed by atoms with E-state index >= 15 is 0 Å². The number of amides is 2. The van der Waals surface area contributed by atoms with Crippen LogP contribution in [0.4, 0.5) is 11.4 Å². The Bertz CT molecular complexity index is 904. The second kappa shape index (κ2) is 6.10. The van der Waals surface area contributed by atoms with Crippen molar-refractivity contribution in [2.75, 3.05) is 10.6 Å². The van der Waals surface area contributed by atoms with Gasteiger partial charge in [-0.1, -0.05) is 17.7 Å². The molecule has 23 heavy (non-hydrogen) atoms. The van der Waals surface area contributed by atoms with Gasteiger partial charge in [0.05, 0.1) is 11.7 Å². The number of halogens is 1. The third-order valence-electron chi connectivity index (χ3n) is 3.34. The SMILES string of the molecule is Cc1ccc(NC(=O)C(=O)Nc2ccc3cn[nH]c3c2)cc1Cl. The van der Waals surface area contributed by atoms with E-state index in [4.69, 9.17) is 11.6 Å². The van der Waals surface area contributed by atoms with E-state index in [2.05, 4.69) is 20.8 Å². The van der Waals surface area contributed by atoms with Gasteiger partial charge in [-0.15, -0.1) is 0 Å². The van der Waals surface area contributed by atoms with Crippen molar-refractivity contribution >= 4 is 45.7 Å². The Morgan fingerprint density at radius 3 is 2.39 bits per heavy atom. The number of carbonyl (C=O) groups excluding carboxylic acids is 2. The van der Waals surface area contributed by atoms with E-state index in [1.165, 1.54) is 0 Å². The lowest BCUT2D eigenvalue weighted by atomic mass is 10.2. The van der Waals surface area contributed by atoms with Crippen LogP contribution in [0.5, 0.6) is 0 Å². The lowest BCUT2D eigenvalue weighted by Gasteiger charge is -2.08.